The summed E-state index contributed by atoms with van der Waals surface area (Å²) in [4.78, 5) is 19.6. The minimum absolute atomic E-state index is 0.0158. The molecule has 0 spiro atoms. The first kappa shape index (κ1) is 13.2. The van der Waals surface area contributed by atoms with Crippen LogP contribution >= 0.6 is 11.6 Å². The predicted octanol–water partition coefficient (Wildman–Crippen LogP) is 2.53. The summed E-state index contributed by atoms with van der Waals surface area (Å²) in [5.74, 6) is -0.910. The smallest absolute Gasteiger partial charge is 0.257 e. The van der Waals surface area contributed by atoms with Crippen molar-refractivity contribution in [3.05, 3.63) is 47.1 Å². The van der Waals surface area contributed by atoms with Gasteiger partial charge in [-0.1, -0.05) is 11.6 Å². The minimum Gasteiger partial charge on any atom is -0.494 e. The summed E-state index contributed by atoms with van der Waals surface area (Å²) in [5.41, 5.74) is 0.222. The van der Waals surface area contributed by atoms with E-state index < -0.39 is 11.7 Å². The van der Waals surface area contributed by atoms with Crippen molar-refractivity contribution in [2.75, 3.05) is 12.4 Å². The number of nitrogens with zero attached hydrogens (tertiary/aromatic N) is 2. The summed E-state index contributed by atoms with van der Waals surface area (Å²) < 4.78 is 18.0. The van der Waals surface area contributed by atoms with Crippen LogP contribution < -0.4 is 10.1 Å². The standard InChI is InChI=1S/C12H9ClFN3O2/c1-19-9-6-7(2-3-8(9)14)12(18)17-11-10(13)15-4-5-16-11/h2-6H,1H3,(H,16,17,18). The molecule has 98 valence electrons. The van der Waals surface area contributed by atoms with Crippen LogP contribution in [-0.4, -0.2) is 23.0 Å². The highest BCUT2D eigenvalue weighted by molar-refractivity contribution is 6.32. The molecule has 0 radical (unpaired) electrons. The van der Waals surface area contributed by atoms with Crippen molar-refractivity contribution in [3.8, 4) is 5.75 Å². The summed E-state index contributed by atoms with van der Waals surface area (Å²) >= 11 is 5.77. The maximum atomic E-state index is 13.2. The molecule has 0 aliphatic heterocycles. The lowest BCUT2D eigenvalue weighted by molar-refractivity contribution is 0.102. The molecule has 0 saturated heterocycles. The van der Waals surface area contributed by atoms with Crippen LogP contribution in [0.1, 0.15) is 10.4 Å². The molecule has 0 fully saturated rings. The number of hydrogen-bond donors (Lipinski definition) is 1. The van der Waals surface area contributed by atoms with Crippen LogP contribution in [0, 0.1) is 5.82 Å². The van der Waals surface area contributed by atoms with E-state index in [0.29, 0.717) is 0 Å². The number of nitrogens with one attached hydrogen (secondary N) is 1. The number of anilines is 1. The molecule has 7 heteroatoms. The van der Waals surface area contributed by atoms with Gasteiger partial charge in [0, 0.05) is 18.0 Å². The number of halogens is 2. The first-order valence-electron chi connectivity index (χ1n) is 5.23. The molecule has 0 aliphatic carbocycles. The Labute approximate surface area is 113 Å². The molecule has 0 unspecified atom stereocenters. The molecule has 0 aliphatic rings. The van der Waals surface area contributed by atoms with Crippen molar-refractivity contribution in [3.63, 3.8) is 0 Å². The maximum Gasteiger partial charge on any atom is 0.257 e. The van der Waals surface area contributed by atoms with Gasteiger partial charge in [0.25, 0.3) is 5.91 Å². The second-order valence-electron chi connectivity index (χ2n) is 3.50. The largest absolute Gasteiger partial charge is 0.494 e. The van der Waals surface area contributed by atoms with Crippen LogP contribution in [0.15, 0.2) is 30.6 Å². The van der Waals surface area contributed by atoms with E-state index >= 15 is 0 Å². The molecular weight excluding hydrogens is 273 g/mol. The highest BCUT2D eigenvalue weighted by Gasteiger charge is 2.12. The van der Waals surface area contributed by atoms with E-state index in [-0.39, 0.29) is 22.3 Å². The molecule has 2 aromatic rings. The third-order valence-corrected chi connectivity index (χ3v) is 2.58. The number of amides is 1. The van der Waals surface area contributed by atoms with Crippen LogP contribution in [-0.2, 0) is 0 Å². The summed E-state index contributed by atoms with van der Waals surface area (Å²) in [6.07, 6.45) is 2.80. The van der Waals surface area contributed by atoms with Crippen LogP contribution in [0.2, 0.25) is 5.15 Å². The number of benzene rings is 1. The molecule has 1 aromatic carbocycles. The lowest BCUT2D eigenvalue weighted by atomic mass is 10.2. The fourth-order valence-corrected chi connectivity index (χ4v) is 1.54. The molecular formula is C12H9ClFN3O2. The first-order valence-corrected chi connectivity index (χ1v) is 5.61. The molecule has 0 atom stereocenters. The molecule has 0 bridgehead atoms. The quantitative estimate of drug-likeness (QED) is 0.939. The molecule has 2 rings (SSSR count). The van der Waals surface area contributed by atoms with E-state index in [1.165, 1.54) is 31.6 Å². The number of aromatic nitrogens is 2. The van der Waals surface area contributed by atoms with Gasteiger partial charge < -0.3 is 10.1 Å². The Bertz CT molecular complexity index is 622. The van der Waals surface area contributed by atoms with Gasteiger partial charge in [0.05, 0.1) is 7.11 Å². The van der Waals surface area contributed by atoms with E-state index in [2.05, 4.69) is 15.3 Å². The molecule has 0 saturated carbocycles. The van der Waals surface area contributed by atoms with Gasteiger partial charge in [-0.3, -0.25) is 4.79 Å². The van der Waals surface area contributed by atoms with Crippen LogP contribution in [0.4, 0.5) is 10.2 Å². The highest BCUT2D eigenvalue weighted by Crippen LogP contribution is 2.20. The maximum absolute atomic E-state index is 13.2. The Morgan fingerprint density at radius 1 is 1.37 bits per heavy atom. The normalized spacial score (nSPS) is 10.1. The average Bonchev–Trinajstić information content (AvgIpc) is 2.42. The Balaban J connectivity index is 2.23. The predicted molar refractivity (Wildman–Crippen MR) is 67.9 cm³/mol. The lowest BCUT2D eigenvalue weighted by Gasteiger charge is -2.07. The van der Waals surface area contributed by atoms with Crippen LogP contribution in [0.25, 0.3) is 0 Å². The fourth-order valence-electron chi connectivity index (χ4n) is 1.39. The van der Waals surface area contributed by atoms with Gasteiger partial charge in [-0.2, -0.15) is 0 Å². The van der Waals surface area contributed by atoms with E-state index in [1.54, 1.807) is 0 Å². The zero-order valence-electron chi connectivity index (χ0n) is 9.85. The SMILES string of the molecule is COc1cc(C(=O)Nc2nccnc2Cl)ccc1F. The molecule has 1 amide bonds. The molecule has 1 heterocycles. The van der Waals surface area contributed by atoms with E-state index in [0.717, 1.165) is 6.07 Å². The van der Waals surface area contributed by atoms with Crippen molar-refractivity contribution in [1.29, 1.82) is 0 Å². The van der Waals surface area contributed by atoms with Crippen molar-refractivity contribution in [2.45, 2.75) is 0 Å². The third-order valence-electron chi connectivity index (χ3n) is 2.30. The highest BCUT2D eigenvalue weighted by atomic mass is 35.5. The molecule has 5 nitrogen and oxygen atoms in total. The number of ether oxygens (including phenoxy) is 1. The van der Waals surface area contributed by atoms with E-state index in [4.69, 9.17) is 16.3 Å². The van der Waals surface area contributed by atoms with Crippen molar-refractivity contribution in [2.24, 2.45) is 0 Å². The summed E-state index contributed by atoms with van der Waals surface area (Å²) in [5, 5.41) is 2.55. The Morgan fingerprint density at radius 3 is 2.79 bits per heavy atom. The fraction of sp³-hybridized carbons (Fsp3) is 0.0833. The van der Waals surface area contributed by atoms with Gasteiger partial charge >= 0.3 is 0 Å². The van der Waals surface area contributed by atoms with Gasteiger partial charge in [-0.15, -0.1) is 0 Å². The van der Waals surface area contributed by atoms with Gasteiger partial charge in [0.2, 0.25) is 0 Å². The Morgan fingerprint density at radius 2 is 2.11 bits per heavy atom. The monoisotopic (exact) mass is 281 g/mol. The molecule has 1 N–H and O–H groups in total. The van der Waals surface area contributed by atoms with Crippen molar-refractivity contribution >= 4 is 23.3 Å². The summed E-state index contributed by atoms with van der Waals surface area (Å²) in [6, 6.07) is 3.76. The zero-order chi connectivity index (χ0) is 13.8. The number of hydrogen-bond acceptors (Lipinski definition) is 4. The Kier molecular flexibility index (Phi) is 3.91. The molecule has 19 heavy (non-hydrogen) atoms. The van der Waals surface area contributed by atoms with Crippen molar-refractivity contribution in [1.82, 2.24) is 9.97 Å². The minimum atomic E-state index is -0.545. The number of carbonyl (C=O) groups excluding carboxylic acids is 1. The van der Waals surface area contributed by atoms with Crippen LogP contribution in [0.3, 0.4) is 0 Å². The van der Waals surface area contributed by atoms with Gasteiger partial charge in [0.15, 0.2) is 22.5 Å². The average molecular weight is 282 g/mol. The van der Waals surface area contributed by atoms with Gasteiger partial charge in [-0.25, -0.2) is 14.4 Å². The third kappa shape index (κ3) is 2.97. The summed E-state index contributed by atoms with van der Waals surface area (Å²) in [7, 11) is 1.32. The first-order chi connectivity index (χ1) is 9.11. The zero-order valence-corrected chi connectivity index (χ0v) is 10.6. The lowest BCUT2D eigenvalue weighted by Crippen LogP contribution is -2.13. The number of rotatable bonds is 3. The van der Waals surface area contributed by atoms with Crippen LogP contribution in [0.5, 0.6) is 5.75 Å². The van der Waals surface area contributed by atoms with Gasteiger partial charge in [-0.05, 0) is 18.2 Å². The Hall–Kier alpha value is -2.21. The number of methoxy groups -OCH3 is 1. The van der Waals surface area contributed by atoms with E-state index in [1.807, 2.05) is 0 Å². The second-order valence-corrected chi connectivity index (χ2v) is 3.86. The van der Waals surface area contributed by atoms with Gasteiger partial charge in [0.1, 0.15) is 0 Å². The summed E-state index contributed by atoms with van der Waals surface area (Å²) in [6.45, 7) is 0. The van der Waals surface area contributed by atoms with E-state index in [9.17, 15) is 9.18 Å². The molecule has 1 aromatic heterocycles. The van der Waals surface area contributed by atoms with Crippen molar-refractivity contribution < 1.29 is 13.9 Å². The second kappa shape index (κ2) is 5.62. The topological polar surface area (TPSA) is 64.1 Å². The number of carbonyl (C=O) groups is 1.